The van der Waals surface area contributed by atoms with Gasteiger partial charge in [0.05, 0.1) is 5.69 Å². The fourth-order valence-corrected chi connectivity index (χ4v) is 4.03. The van der Waals surface area contributed by atoms with Gasteiger partial charge in [0.25, 0.3) is 11.8 Å². The molecule has 0 radical (unpaired) electrons. The largest absolute Gasteiger partial charge is 0.346 e. The Labute approximate surface area is 163 Å². The van der Waals surface area contributed by atoms with E-state index in [-0.39, 0.29) is 24.2 Å². The molecular weight excluding hydrogens is 359 g/mol. The SMILES string of the molecule is O=C(NCc1ccccc1F)c1nc(C(=O)N2CCCCC2)n2c1CCCC2. The summed E-state index contributed by atoms with van der Waals surface area (Å²) < 4.78 is 15.7. The highest BCUT2D eigenvalue weighted by Gasteiger charge is 2.30. The van der Waals surface area contributed by atoms with Crippen LogP contribution in [0.25, 0.3) is 0 Å². The molecule has 3 heterocycles. The van der Waals surface area contributed by atoms with Gasteiger partial charge in [-0.2, -0.15) is 0 Å². The Bertz CT molecular complexity index is 887. The Balaban J connectivity index is 1.56. The fourth-order valence-electron chi connectivity index (χ4n) is 4.03. The van der Waals surface area contributed by atoms with E-state index in [1.54, 1.807) is 18.2 Å². The van der Waals surface area contributed by atoms with Gasteiger partial charge < -0.3 is 14.8 Å². The number of hydrogen-bond acceptors (Lipinski definition) is 3. The molecule has 4 rings (SSSR count). The second kappa shape index (κ2) is 8.12. The standard InChI is InChI=1S/C21H25FN4O2/c22-16-9-3-2-8-15(16)14-23-20(27)18-17-10-4-7-13-26(17)19(24-18)21(28)25-11-5-1-6-12-25/h2-3,8-9H,1,4-7,10-14H2,(H,23,27). The molecule has 0 spiro atoms. The minimum absolute atomic E-state index is 0.0870. The topological polar surface area (TPSA) is 67.2 Å². The second-order valence-electron chi connectivity index (χ2n) is 7.47. The first-order chi connectivity index (χ1) is 13.6. The number of aromatic nitrogens is 2. The Morgan fingerprint density at radius 3 is 2.57 bits per heavy atom. The van der Waals surface area contributed by atoms with E-state index in [1.807, 2.05) is 9.47 Å². The van der Waals surface area contributed by atoms with Crippen molar-refractivity contribution in [3.63, 3.8) is 0 Å². The Morgan fingerprint density at radius 2 is 1.79 bits per heavy atom. The van der Waals surface area contributed by atoms with Gasteiger partial charge in [0.2, 0.25) is 0 Å². The lowest BCUT2D eigenvalue weighted by molar-refractivity contribution is 0.0705. The molecule has 0 bridgehead atoms. The molecule has 0 unspecified atom stereocenters. The van der Waals surface area contributed by atoms with Crippen molar-refractivity contribution in [2.45, 2.75) is 51.6 Å². The van der Waals surface area contributed by atoms with Crippen molar-refractivity contribution in [1.82, 2.24) is 19.8 Å². The number of imidazole rings is 1. The van der Waals surface area contributed by atoms with Crippen LogP contribution in [0.3, 0.4) is 0 Å². The van der Waals surface area contributed by atoms with Crippen LogP contribution in [0.15, 0.2) is 24.3 Å². The zero-order chi connectivity index (χ0) is 19.5. The van der Waals surface area contributed by atoms with E-state index in [0.717, 1.165) is 57.3 Å². The van der Waals surface area contributed by atoms with Crippen LogP contribution in [0, 0.1) is 5.82 Å². The minimum atomic E-state index is -0.355. The van der Waals surface area contributed by atoms with Crippen molar-refractivity contribution in [3.8, 4) is 0 Å². The third-order valence-corrected chi connectivity index (χ3v) is 5.56. The van der Waals surface area contributed by atoms with E-state index in [4.69, 9.17) is 0 Å². The van der Waals surface area contributed by atoms with Gasteiger partial charge in [-0.15, -0.1) is 0 Å². The summed E-state index contributed by atoms with van der Waals surface area (Å²) in [5, 5.41) is 2.76. The smallest absolute Gasteiger partial charge is 0.289 e. The molecule has 1 aromatic heterocycles. The lowest BCUT2D eigenvalue weighted by Gasteiger charge is -2.27. The molecule has 148 valence electrons. The molecule has 1 N–H and O–H groups in total. The van der Waals surface area contributed by atoms with E-state index in [1.165, 1.54) is 6.07 Å². The molecule has 2 aromatic rings. The molecule has 28 heavy (non-hydrogen) atoms. The second-order valence-corrected chi connectivity index (χ2v) is 7.47. The van der Waals surface area contributed by atoms with Crippen molar-refractivity contribution >= 4 is 11.8 Å². The van der Waals surface area contributed by atoms with E-state index in [0.29, 0.717) is 23.6 Å². The maximum Gasteiger partial charge on any atom is 0.289 e. The molecule has 0 atom stereocenters. The maximum atomic E-state index is 13.8. The summed E-state index contributed by atoms with van der Waals surface area (Å²) in [6.07, 6.45) is 5.83. The van der Waals surface area contributed by atoms with Gasteiger partial charge in [0, 0.05) is 31.7 Å². The summed E-state index contributed by atoms with van der Waals surface area (Å²) in [4.78, 5) is 32.1. The lowest BCUT2D eigenvalue weighted by Crippen LogP contribution is -2.37. The van der Waals surface area contributed by atoms with Gasteiger partial charge in [0.1, 0.15) is 11.5 Å². The molecule has 1 saturated heterocycles. The minimum Gasteiger partial charge on any atom is -0.346 e. The Morgan fingerprint density at radius 1 is 1.04 bits per heavy atom. The highest BCUT2D eigenvalue weighted by atomic mass is 19.1. The van der Waals surface area contributed by atoms with Crippen molar-refractivity contribution in [2.75, 3.05) is 13.1 Å². The summed E-state index contributed by atoms with van der Waals surface area (Å²) in [7, 11) is 0. The summed E-state index contributed by atoms with van der Waals surface area (Å²) in [6.45, 7) is 2.29. The van der Waals surface area contributed by atoms with Crippen LogP contribution in [0.1, 0.15) is 64.5 Å². The van der Waals surface area contributed by atoms with Gasteiger partial charge in [-0.05, 0) is 44.6 Å². The van der Waals surface area contributed by atoms with E-state index in [2.05, 4.69) is 10.3 Å². The zero-order valence-electron chi connectivity index (χ0n) is 15.9. The van der Waals surface area contributed by atoms with E-state index in [9.17, 15) is 14.0 Å². The van der Waals surface area contributed by atoms with Crippen LogP contribution >= 0.6 is 0 Å². The average molecular weight is 384 g/mol. The number of benzene rings is 1. The third-order valence-electron chi connectivity index (χ3n) is 5.56. The Hall–Kier alpha value is -2.70. The van der Waals surface area contributed by atoms with Crippen molar-refractivity contribution in [2.24, 2.45) is 0 Å². The molecule has 6 nitrogen and oxygen atoms in total. The number of halogens is 1. The summed E-state index contributed by atoms with van der Waals surface area (Å²) in [6, 6.07) is 6.36. The van der Waals surface area contributed by atoms with Crippen molar-refractivity contribution in [3.05, 3.63) is 52.9 Å². The van der Waals surface area contributed by atoms with Crippen molar-refractivity contribution < 1.29 is 14.0 Å². The van der Waals surface area contributed by atoms with Gasteiger partial charge >= 0.3 is 0 Å². The predicted octanol–water partition coefficient (Wildman–Crippen LogP) is 2.91. The molecular formula is C21H25FN4O2. The van der Waals surface area contributed by atoms with Crippen LogP contribution in [-0.4, -0.2) is 39.4 Å². The monoisotopic (exact) mass is 384 g/mol. The number of nitrogens with one attached hydrogen (secondary N) is 1. The summed E-state index contributed by atoms with van der Waals surface area (Å²) in [5.74, 6) is -0.425. The highest BCUT2D eigenvalue weighted by Crippen LogP contribution is 2.23. The number of likely N-dealkylation sites (tertiary alicyclic amines) is 1. The van der Waals surface area contributed by atoms with Gasteiger partial charge in [-0.25, -0.2) is 9.37 Å². The predicted molar refractivity (Wildman–Crippen MR) is 102 cm³/mol. The number of nitrogens with zero attached hydrogens (tertiary/aromatic N) is 3. The molecule has 0 aliphatic carbocycles. The first-order valence-electron chi connectivity index (χ1n) is 10.1. The normalized spacial score (nSPS) is 16.5. The first kappa shape index (κ1) is 18.7. The fraction of sp³-hybridized carbons (Fsp3) is 0.476. The van der Waals surface area contributed by atoms with Gasteiger partial charge in [0.15, 0.2) is 5.82 Å². The number of carbonyl (C=O) groups excluding carboxylic acids is 2. The molecule has 1 fully saturated rings. The molecule has 2 aliphatic rings. The number of piperidine rings is 1. The quantitative estimate of drug-likeness (QED) is 0.881. The zero-order valence-corrected chi connectivity index (χ0v) is 15.9. The maximum absolute atomic E-state index is 13.8. The van der Waals surface area contributed by atoms with Crippen LogP contribution in [-0.2, 0) is 19.5 Å². The average Bonchev–Trinajstić information content (AvgIpc) is 3.13. The van der Waals surface area contributed by atoms with Gasteiger partial charge in [-0.1, -0.05) is 18.2 Å². The van der Waals surface area contributed by atoms with E-state index < -0.39 is 0 Å². The van der Waals surface area contributed by atoms with Crippen LogP contribution in [0.2, 0.25) is 0 Å². The van der Waals surface area contributed by atoms with E-state index >= 15 is 0 Å². The highest BCUT2D eigenvalue weighted by molar-refractivity contribution is 5.97. The first-order valence-corrected chi connectivity index (χ1v) is 10.1. The van der Waals surface area contributed by atoms with Crippen molar-refractivity contribution in [1.29, 1.82) is 0 Å². The van der Waals surface area contributed by atoms with Crippen LogP contribution in [0.5, 0.6) is 0 Å². The van der Waals surface area contributed by atoms with Crippen LogP contribution < -0.4 is 5.32 Å². The lowest BCUT2D eigenvalue weighted by atomic mass is 10.1. The molecule has 1 aromatic carbocycles. The number of hydrogen-bond donors (Lipinski definition) is 1. The third kappa shape index (κ3) is 3.66. The Kier molecular flexibility index (Phi) is 5.41. The molecule has 2 aliphatic heterocycles. The molecule has 7 heteroatoms. The number of amides is 2. The number of fused-ring (bicyclic) bond motifs is 1. The molecule has 0 saturated carbocycles. The molecule has 2 amide bonds. The number of rotatable bonds is 4. The van der Waals surface area contributed by atoms with Gasteiger partial charge in [-0.3, -0.25) is 9.59 Å². The summed E-state index contributed by atoms with van der Waals surface area (Å²) >= 11 is 0. The van der Waals surface area contributed by atoms with Crippen LogP contribution in [0.4, 0.5) is 4.39 Å². The number of carbonyl (C=O) groups is 2. The summed E-state index contributed by atoms with van der Waals surface area (Å²) in [5.41, 5.74) is 1.54.